The number of hydrogen-bond acceptors (Lipinski definition) is 5. The van der Waals surface area contributed by atoms with E-state index in [2.05, 4.69) is 33.5 Å². The molecule has 0 spiro atoms. The summed E-state index contributed by atoms with van der Waals surface area (Å²) in [4.78, 5) is 22.9. The molecule has 0 aliphatic rings. The zero-order chi connectivity index (χ0) is 18.6. The second-order valence-corrected chi connectivity index (χ2v) is 7.71. The summed E-state index contributed by atoms with van der Waals surface area (Å²) in [7, 11) is 0. The van der Waals surface area contributed by atoms with E-state index in [9.17, 15) is 9.18 Å². The van der Waals surface area contributed by atoms with Crippen LogP contribution < -0.4 is 5.32 Å². The number of anilines is 1. The highest BCUT2D eigenvalue weighted by molar-refractivity contribution is 8.00. The first-order valence-electron chi connectivity index (χ1n) is 8.17. The van der Waals surface area contributed by atoms with Gasteiger partial charge in [-0.3, -0.25) is 4.79 Å². The lowest BCUT2D eigenvalue weighted by Crippen LogP contribution is -2.14. The maximum absolute atomic E-state index is 12.9. The summed E-state index contributed by atoms with van der Waals surface area (Å²) in [5.41, 5.74) is 1.70. The summed E-state index contributed by atoms with van der Waals surface area (Å²) in [6.45, 7) is 0. The molecule has 0 atom stereocenters. The highest BCUT2D eigenvalue weighted by atomic mass is 32.2. The molecule has 2 aromatic heterocycles. The molecule has 1 N–H and O–H groups in total. The van der Waals surface area contributed by atoms with Crippen molar-refractivity contribution in [2.75, 3.05) is 11.1 Å². The number of hydrogen-bond donors (Lipinski definition) is 1. The van der Waals surface area contributed by atoms with Crippen LogP contribution in [0.25, 0.3) is 20.7 Å². The van der Waals surface area contributed by atoms with Gasteiger partial charge >= 0.3 is 0 Å². The van der Waals surface area contributed by atoms with Crippen LogP contribution in [0.3, 0.4) is 0 Å². The van der Waals surface area contributed by atoms with Gasteiger partial charge in [0.1, 0.15) is 22.0 Å². The fourth-order valence-electron chi connectivity index (χ4n) is 2.56. The zero-order valence-electron chi connectivity index (χ0n) is 14.1. The molecule has 0 bridgehead atoms. The minimum Gasteiger partial charge on any atom is -0.325 e. The predicted molar refractivity (Wildman–Crippen MR) is 109 cm³/mol. The Balaban J connectivity index is 1.49. The second-order valence-electron chi connectivity index (χ2n) is 5.72. The average molecular weight is 395 g/mol. The number of carbonyl (C=O) groups is 1. The van der Waals surface area contributed by atoms with Crippen molar-refractivity contribution in [3.63, 3.8) is 0 Å². The number of halogens is 1. The Hall–Kier alpha value is -2.77. The van der Waals surface area contributed by atoms with E-state index >= 15 is 0 Å². The van der Waals surface area contributed by atoms with Crippen LogP contribution in [0.4, 0.5) is 10.1 Å². The van der Waals surface area contributed by atoms with Gasteiger partial charge in [-0.15, -0.1) is 11.3 Å². The number of carbonyl (C=O) groups excluding carboxylic acids is 1. The molecule has 0 aliphatic carbocycles. The van der Waals surface area contributed by atoms with Gasteiger partial charge in [0.15, 0.2) is 0 Å². The van der Waals surface area contributed by atoms with Crippen LogP contribution in [0.2, 0.25) is 0 Å². The van der Waals surface area contributed by atoms with E-state index in [0.29, 0.717) is 5.69 Å². The Bertz CT molecular complexity index is 1080. The first-order valence-corrected chi connectivity index (χ1v) is 9.97. The van der Waals surface area contributed by atoms with Crippen molar-refractivity contribution >= 4 is 44.9 Å². The van der Waals surface area contributed by atoms with Crippen LogP contribution in [0.1, 0.15) is 0 Å². The standard InChI is InChI=1S/C20H14FN3OS2/c21-14-6-8-15(9-7-14)24-18(25)11-26-19-16-10-17(13-4-2-1-3-5-13)27-20(16)23-12-22-19/h1-10,12H,11H2,(H,24,25). The monoisotopic (exact) mass is 395 g/mol. The number of rotatable bonds is 5. The van der Waals surface area contributed by atoms with Gasteiger partial charge in [0.2, 0.25) is 5.91 Å². The summed E-state index contributed by atoms with van der Waals surface area (Å²) in [6, 6.07) is 17.9. The summed E-state index contributed by atoms with van der Waals surface area (Å²) in [6.07, 6.45) is 1.52. The lowest BCUT2D eigenvalue weighted by atomic mass is 10.2. The molecule has 27 heavy (non-hydrogen) atoms. The van der Waals surface area contributed by atoms with Gasteiger partial charge in [0.05, 0.1) is 5.75 Å². The first kappa shape index (κ1) is 17.6. The molecule has 0 fully saturated rings. The third-order valence-corrected chi connectivity index (χ3v) is 5.92. The van der Waals surface area contributed by atoms with Gasteiger partial charge in [-0.1, -0.05) is 42.1 Å². The molecule has 1 amide bonds. The molecular weight excluding hydrogens is 381 g/mol. The van der Waals surface area contributed by atoms with Gasteiger partial charge in [-0.2, -0.15) is 0 Å². The van der Waals surface area contributed by atoms with Crippen molar-refractivity contribution in [2.45, 2.75) is 5.03 Å². The number of fused-ring (bicyclic) bond motifs is 1. The topological polar surface area (TPSA) is 54.9 Å². The molecule has 0 unspecified atom stereocenters. The van der Waals surface area contributed by atoms with E-state index < -0.39 is 0 Å². The molecule has 4 rings (SSSR count). The summed E-state index contributed by atoms with van der Waals surface area (Å²) >= 11 is 2.96. The maximum Gasteiger partial charge on any atom is 0.234 e. The molecule has 0 saturated heterocycles. The third kappa shape index (κ3) is 4.15. The Kier molecular flexibility index (Phi) is 5.13. The largest absolute Gasteiger partial charge is 0.325 e. The molecule has 0 saturated carbocycles. The first-order chi connectivity index (χ1) is 13.2. The van der Waals surface area contributed by atoms with Gasteiger partial charge < -0.3 is 5.32 Å². The molecule has 134 valence electrons. The minimum atomic E-state index is -0.336. The average Bonchev–Trinajstić information content (AvgIpc) is 3.14. The molecule has 7 heteroatoms. The Morgan fingerprint density at radius 2 is 1.85 bits per heavy atom. The number of aromatic nitrogens is 2. The number of thioether (sulfide) groups is 1. The van der Waals surface area contributed by atoms with E-state index in [4.69, 9.17) is 0 Å². The lowest BCUT2D eigenvalue weighted by molar-refractivity contribution is -0.113. The predicted octanol–water partition coefficient (Wildman–Crippen LogP) is 5.23. The van der Waals surface area contributed by atoms with E-state index in [0.717, 1.165) is 25.7 Å². The smallest absolute Gasteiger partial charge is 0.234 e. The summed E-state index contributed by atoms with van der Waals surface area (Å²) in [5.74, 6) is -0.297. The van der Waals surface area contributed by atoms with Crippen molar-refractivity contribution in [3.8, 4) is 10.4 Å². The number of nitrogens with one attached hydrogen (secondary N) is 1. The Labute approximate surface area is 163 Å². The number of benzene rings is 2. The third-order valence-electron chi connectivity index (χ3n) is 3.82. The Morgan fingerprint density at radius 3 is 2.63 bits per heavy atom. The second kappa shape index (κ2) is 7.85. The SMILES string of the molecule is O=C(CSc1ncnc2sc(-c3ccccc3)cc12)Nc1ccc(F)cc1. The molecular formula is C20H14FN3OS2. The van der Waals surface area contributed by atoms with E-state index in [1.54, 1.807) is 11.3 Å². The van der Waals surface area contributed by atoms with Gasteiger partial charge in [0, 0.05) is 16.0 Å². The molecule has 4 nitrogen and oxygen atoms in total. The van der Waals surface area contributed by atoms with Gasteiger partial charge in [0.25, 0.3) is 0 Å². The van der Waals surface area contributed by atoms with Gasteiger partial charge in [-0.05, 0) is 35.9 Å². The molecule has 0 aliphatic heterocycles. The maximum atomic E-state index is 12.9. The van der Waals surface area contributed by atoms with E-state index in [1.165, 1.54) is 42.4 Å². The normalized spacial score (nSPS) is 10.9. The van der Waals surface area contributed by atoms with Crippen LogP contribution in [0.15, 0.2) is 72.0 Å². The fourth-order valence-corrected chi connectivity index (χ4v) is 4.40. The van der Waals surface area contributed by atoms with Crippen molar-refractivity contribution in [1.29, 1.82) is 0 Å². The number of nitrogens with zero attached hydrogens (tertiary/aromatic N) is 2. The van der Waals surface area contributed by atoms with Crippen LogP contribution in [-0.2, 0) is 4.79 Å². The van der Waals surface area contributed by atoms with E-state index in [-0.39, 0.29) is 17.5 Å². The fraction of sp³-hybridized carbons (Fsp3) is 0.0500. The van der Waals surface area contributed by atoms with E-state index in [1.807, 2.05) is 18.2 Å². The quantitative estimate of drug-likeness (QED) is 0.371. The molecule has 4 aromatic rings. The highest BCUT2D eigenvalue weighted by Gasteiger charge is 2.12. The van der Waals surface area contributed by atoms with Crippen LogP contribution in [-0.4, -0.2) is 21.6 Å². The lowest BCUT2D eigenvalue weighted by Gasteiger charge is -2.05. The number of amides is 1. The minimum absolute atomic E-state index is 0.170. The molecule has 0 radical (unpaired) electrons. The van der Waals surface area contributed by atoms with Crippen molar-refractivity contribution in [2.24, 2.45) is 0 Å². The van der Waals surface area contributed by atoms with Crippen LogP contribution in [0.5, 0.6) is 0 Å². The van der Waals surface area contributed by atoms with Crippen molar-refractivity contribution in [1.82, 2.24) is 9.97 Å². The van der Waals surface area contributed by atoms with Crippen LogP contribution in [0, 0.1) is 5.82 Å². The summed E-state index contributed by atoms with van der Waals surface area (Å²) < 4.78 is 12.9. The summed E-state index contributed by atoms with van der Waals surface area (Å²) in [5, 5.41) is 4.47. The van der Waals surface area contributed by atoms with Crippen molar-refractivity contribution < 1.29 is 9.18 Å². The molecule has 2 aromatic carbocycles. The van der Waals surface area contributed by atoms with Gasteiger partial charge in [-0.25, -0.2) is 14.4 Å². The van der Waals surface area contributed by atoms with Crippen LogP contribution >= 0.6 is 23.1 Å². The molecule has 2 heterocycles. The highest BCUT2D eigenvalue weighted by Crippen LogP contribution is 2.36. The Morgan fingerprint density at radius 1 is 1.07 bits per heavy atom. The van der Waals surface area contributed by atoms with Crippen molar-refractivity contribution in [3.05, 3.63) is 72.8 Å². The zero-order valence-corrected chi connectivity index (χ0v) is 15.7. The number of thiophene rings is 1.